The number of hydrogen-bond donors (Lipinski definition) is 1. The van der Waals surface area contributed by atoms with Crippen LogP contribution in [-0.2, 0) is 4.79 Å². The predicted octanol–water partition coefficient (Wildman–Crippen LogP) is 0.923. The summed E-state index contributed by atoms with van der Waals surface area (Å²) in [6.07, 6.45) is 0.0531. The Morgan fingerprint density at radius 3 is 2.82 bits per heavy atom. The zero-order valence-corrected chi connectivity index (χ0v) is 6.41. The molecule has 0 aromatic rings. The van der Waals surface area contributed by atoms with E-state index in [0.29, 0.717) is 18.9 Å². The van der Waals surface area contributed by atoms with Crippen LogP contribution in [0.4, 0.5) is 4.79 Å². The zero-order chi connectivity index (χ0) is 8.43. The highest BCUT2D eigenvalue weighted by Crippen LogP contribution is 2.16. The molecule has 0 spiro atoms. The van der Waals surface area contributed by atoms with Crippen LogP contribution in [0.3, 0.4) is 0 Å². The van der Waals surface area contributed by atoms with Crippen LogP contribution in [0.1, 0.15) is 19.8 Å². The van der Waals surface area contributed by atoms with Gasteiger partial charge in [0.1, 0.15) is 0 Å². The quantitative estimate of drug-likeness (QED) is 0.568. The number of amides is 2. The van der Waals surface area contributed by atoms with Gasteiger partial charge in [0.15, 0.2) is 0 Å². The number of carbonyl (C=O) groups is 2. The molecule has 1 N–H and O–H groups in total. The van der Waals surface area contributed by atoms with E-state index in [4.69, 9.17) is 5.11 Å². The maximum Gasteiger partial charge on any atom is 0.414 e. The van der Waals surface area contributed by atoms with Gasteiger partial charge in [-0.15, -0.1) is 0 Å². The lowest BCUT2D eigenvalue weighted by molar-refractivity contribution is -0.132. The van der Waals surface area contributed by atoms with Crippen molar-refractivity contribution in [1.29, 1.82) is 0 Å². The van der Waals surface area contributed by atoms with Crippen LogP contribution in [0.15, 0.2) is 0 Å². The lowest BCUT2D eigenvalue weighted by Crippen LogP contribution is -2.42. The molecule has 2 amide bonds. The van der Waals surface area contributed by atoms with Crippen LogP contribution in [0.25, 0.3) is 0 Å². The van der Waals surface area contributed by atoms with Crippen molar-refractivity contribution in [2.24, 2.45) is 5.92 Å². The maximum atomic E-state index is 10.9. The van der Waals surface area contributed by atoms with E-state index in [0.717, 1.165) is 11.3 Å². The summed E-state index contributed by atoms with van der Waals surface area (Å²) in [4.78, 5) is 22.2. The monoisotopic (exact) mass is 157 g/mol. The fraction of sp³-hybridized carbons (Fsp3) is 0.714. The molecule has 1 fully saturated rings. The first-order valence-corrected chi connectivity index (χ1v) is 3.64. The minimum atomic E-state index is -1.12. The van der Waals surface area contributed by atoms with Crippen molar-refractivity contribution in [3.8, 4) is 0 Å². The summed E-state index contributed by atoms with van der Waals surface area (Å²) in [7, 11) is 0. The fourth-order valence-electron chi connectivity index (χ4n) is 1.19. The molecular weight excluding hydrogens is 146 g/mol. The first-order valence-electron chi connectivity index (χ1n) is 3.64. The molecule has 0 radical (unpaired) electrons. The second kappa shape index (κ2) is 2.90. The molecule has 0 aliphatic carbocycles. The Balaban J connectivity index is 2.61. The van der Waals surface area contributed by atoms with Crippen molar-refractivity contribution in [3.63, 3.8) is 0 Å². The smallest absolute Gasteiger partial charge is 0.414 e. The third-order valence-electron chi connectivity index (χ3n) is 1.88. The first kappa shape index (κ1) is 8.04. The highest BCUT2D eigenvalue weighted by atomic mass is 16.4. The molecule has 62 valence electrons. The van der Waals surface area contributed by atoms with Gasteiger partial charge in [0.2, 0.25) is 5.91 Å². The van der Waals surface area contributed by atoms with Gasteiger partial charge >= 0.3 is 6.09 Å². The maximum absolute atomic E-state index is 10.9. The number of likely N-dealkylation sites (tertiary alicyclic amines) is 1. The van der Waals surface area contributed by atoms with Crippen molar-refractivity contribution in [1.82, 2.24) is 4.90 Å². The Kier molecular flexibility index (Phi) is 2.12. The van der Waals surface area contributed by atoms with Crippen molar-refractivity contribution >= 4 is 12.0 Å². The molecule has 0 aromatic carbocycles. The molecule has 4 heteroatoms. The number of piperidine rings is 1. The second-order valence-electron chi connectivity index (χ2n) is 2.93. The van der Waals surface area contributed by atoms with E-state index in [1.165, 1.54) is 0 Å². The van der Waals surface area contributed by atoms with Gasteiger partial charge in [0.05, 0.1) is 0 Å². The summed E-state index contributed by atoms with van der Waals surface area (Å²) in [5.74, 6) is 0.0411. The minimum Gasteiger partial charge on any atom is -0.465 e. The summed E-state index contributed by atoms with van der Waals surface area (Å²) in [6.45, 7) is 2.30. The van der Waals surface area contributed by atoms with E-state index in [-0.39, 0.29) is 5.91 Å². The SMILES string of the molecule is C[C@H]1CCC(=O)N(C(=O)O)C1. The highest BCUT2D eigenvalue weighted by molar-refractivity contribution is 5.91. The predicted molar refractivity (Wildman–Crippen MR) is 38.1 cm³/mol. The third-order valence-corrected chi connectivity index (χ3v) is 1.88. The number of imide groups is 1. The molecule has 0 saturated carbocycles. The van der Waals surface area contributed by atoms with Crippen molar-refractivity contribution in [2.75, 3.05) is 6.54 Å². The number of carbonyl (C=O) groups excluding carboxylic acids is 1. The molecule has 4 nitrogen and oxygen atoms in total. The summed E-state index contributed by atoms with van der Waals surface area (Å²) in [6, 6.07) is 0. The van der Waals surface area contributed by atoms with Crippen LogP contribution < -0.4 is 0 Å². The zero-order valence-electron chi connectivity index (χ0n) is 6.41. The van der Waals surface area contributed by atoms with E-state index in [9.17, 15) is 9.59 Å². The van der Waals surface area contributed by atoms with Gasteiger partial charge in [-0.3, -0.25) is 4.79 Å². The number of carboxylic acid groups (broad SMARTS) is 1. The number of nitrogens with zero attached hydrogens (tertiary/aromatic N) is 1. The van der Waals surface area contributed by atoms with E-state index in [2.05, 4.69) is 0 Å². The Morgan fingerprint density at radius 2 is 2.36 bits per heavy atom. The van der Waals surface area contributed by atoms with Gasteiger partial charge in [-0.05, 0) is 12.3 Å². The minimum absolute atomic E-state index is 0.268. The Morgan fingerprint density at radius 1 is 1.73 bits per heavy atom. The van der Waals surface area contributed by atoms with Crippen molar-refractivity contribution in [2.45, 2.75) is 19.8 Å². The van der Waals surface area contributed by atoms with Gasteiger partial charge in [0.25, 0.3) is 0 Å². The normalized spacial score (nSPS) is 25.4. The highest BCUT2D eigenvalue weighted by Gasteiger charge is 2.27. The van der Waals surface area contributed by atoms with Crippen molar-refractivity contribution in [3.05, 3.63) is 0 Å². The lowest BCUT2D eigenvalue weighted by atomic mass is 10.0. The van der Waals surface area contributed by atoms with E-state index in [1.54, 1.807) is 0 Å². The Bertz CT molecular complexity index is 190. The molecule has 1 aliphatic rings. The average Bonchev–Trinajstić information content (AvgIpc) is 1.94. The lowest BCUT2D eigenvalue weighted by Gasteiger charge is -2.26. The molecule has 11 heavy (non-hydrogen) atoms. The standard InChI is InChI=1S/C7H11NO3/c1-5-2-3-6(9)8(4-5)7(10)11/h5H,2-4H2,1H3,(H,10,11)/t5-/m0/s1. The van der Waals surface area contributed by atoms with Crippen molar-refractivity contribution < 1.29 is 14.7 Å². The molecule has 0 aromatic heterocycles. The topological polar surface area (TPSA) is 57.6 Å². The fourth-order valence-corrected chi connectivity index (χ4v) is 1.19. The molecule has 1 aliphatic heterocycles. The van der Waals surface area contributed by atoms with E-state index >= 15 is 0 Å². The summed E-state index contributed by atoms with van der Waals surface area (Å²) >= 11 is 0. The van der Waals surface area contributed by atoms with Crippen LogP contribution in [0.5, 0.6) is 0 Å². The van der Waals surface area contributed by atoms with Crippen LogP contribution in [-0.4, -0.2) is 28.6 Å². The molecular formula is C7H11NO3. The van der Waals surface area contributed by atoms with Crippen LogP contribution in [0.2, 0.25) is 0 Å². The molecule has 1 atom stereocenters. The van der Waals surface area contributed by atoms with Gasteiger partial charge < -0.3 is 5.11 Å². The average molecular weight is 157 g/mol. The second-order valence-corrected chi connectivity index (χ2v) is 2.93. The largest absolute Gasteiger partial charge is 0.465 e. The van der Waals surface area contributed by atoms with E-state index in [1.807, 2.05) is 6.92 Å². The van der Waals surface area contributed by atoms with Gasteiger partial charge in [0, 0.05) is 13.0 Å². The molecule has 1 saturated heterocycles. The number of rotatable bonds is 0. The molecule has 1 heterocycles. The van der Waals surface area contributed by atoms with E-state index < -0.39 is 6.09 Å². The number of hydrogen-bond acceptors (Lipinski definition) is 2. The van der Waals surface area contributed by atoms with Gasteiger partial charge in [-0.2, -0.15) is 0 Å². The summed E-state index contributed by atoms with van der Waals surface area (Å²) in [5, 5.41) is 8.53. The van der Waals surface area contributed by atoms with Crippen LogP contribution >= 0.6 is 0 Å². The van der Waals surface area contributed by atoms with Crippen LogP contribution in [0, 0.1) is 5.92 Å². The molecule has 1 rings (SSSR count). The molecule has 0 unspecified atom stereocenters. The van der Waals surface area contributed by atoms with Gasteiger partial charge in [-0.25, -0.2) is 9.69 Å². The third kappa shape index (κ3) is 1.69. The Hall–Kier alpha value is -1.06. The Labute approximate surface area is 64.8 Å². The first-order chi connectivity index (χ1) is 5.11. The summed E-state index contributed by atoms with van der Waals surface area (Å²) < 4.78 is 0. The summed E-state index contributed by atoms with van der Waals surface area (Å²) in [5.41, 5.74) is 0. The van der Waals surface area contributed by atoms with Gasteiger partial charge in [-0.1, -0.05) is 6.92 Å². The molecule has 0 bridgehead atoms.